The Balaban J connectivity index is 0.00000169. The largest absolute Gasteiger partial charge is 1.00 e. The molecule has 8 heteroatoms. The molecule has 0 aromatic carbocycles. The van der Waals surface area contributed by atoms with Crippen molar-refractivity contribution in [2.45, 2.75) is 6.92 Å². The van der Waals surface area contributed by atoms with Crippen LogP contribution in [0, 0.1) is 6.92 Å². The van der Waals surface area contributed by atoms with E-state index in [1.807, 2.05) is 6.92 Å². The third-order valence-electron chi connectivity index (χ3n) is 1.16. The summed E-state index contributed by atoms with van der Waals surface area (Å²) in [4.78, 5) is 7.79. The van der Waals surface area contributed by atoms with Crippen molar-refractivity contribution in [2.24, 2.45) is 0 Å². The van der Waals surface area contributed by atoms with Gasteiger partial charge >= 0.3 is 51.4 Å². The van der Waals surface area contributed by atoms with Crippen LogP contribution < -0.4 is 68.0 Å². The topological polar surface area (TPSA) is 75.9 Å². The van der Waals surface area contributed by atoms with Gasteiger partial charge < -0.3 is 36.0 Å². The third kappa shape index (κ3) is 5.34. The fraction of sp³-hybridized carbons (Fsp3) is 0.167. The average Bonchev–Trinajstić information content (AvgIpc) is 1.99. The molecule has 0 aliphatic heterocycles. The Bertz CT molecular complexity index is 312. The van der Waals surface area contributed by atoms with Crippen LogP contribution in [0.25, 0.3) is 0 Å². The monoisotopic (exact) mass is 253 g/mol. The number of hydrogen-bond acceptors (Lipinski definition) is 6. The molecule has 0 aliphatic rings. The standard InChI is InChI=1S/C6H9N5S2.K/c1-3-2-4(9-5(7)8-3)10-11-6(12)13;/h2H,1H3,(H2,11,12,13)(H3,7,8,9,10);/q;+1/p-1. The molecule has 1 rings (SSSR count). The Labute approximate surface area is 135 Å². The Morgan fingerprint density at radius 1 is 1.57 bits per heavy atom. The number of nitrogen functional groups attached to an aromatic ring is 1. The van der Waals surface area contributed by atoms with Gasteiger partial charge in [0.25, 0.3) is 0 Å². The Hall–Kier alpha value is 0.426. The molecule has 0 amide bonds. The minimum atomic E-state index is 0. The Morgan fingerprint density at radius 3 is 2.71 bits per heavy atom. The molecule has 0 saturated heterocycles. The van der Waals surface area contributed by atoms with Gasteiger partial charge in [-0.05, 0) is 11.2 Å². The number of nitrogens with one attached hydrogen (secondary N) is 2. The molecule has 4 N–H and O–H groups in total. The number of hydrazine groups is 1. The molecule has 70 valence electrons. The van der Waals surface area contributed by atoms with Gasteiger partial charge in [-0.1, -0.05) is 0 Å². The summed E-state index contributed by atoms with van der Waals surface area (Å²) in [6.45, 7) is 1.81. The number of aromatic nitrogens is 2. The fourth-order valence-corrected chi connectivity index (χ4v) is 0.873. The van der Waals surface area contributed by atoms with E-state index in [1.54, 1.807) is 6.07 Å². The Morgan fingerprint density at radius 2 is 2.21 bits per heavy atom. The molecular weight excluding hydrogens is 245 g/mol. The van der Waals surface area contributed by atoms with Crippen LogP contribution in [0.3, 0.4) is 0 Å². The number of thiocarbonyl (C=S) groups is 1. The van der Waals surface area contributed by atoms with Crippen LogP contribution in [0.1, 0.15) is 5.69 Å². The Kier molecular flexibility index (Phi) is 7.03. The van der Waals surface area contributed by atoms with E-state index in [1.165, 1.54) is 0 Å². The molecule has 1 aromatic rings. The van der Waals surface area contributed by atoms with Gasteiger partial charge in [0, 0.05) is 11.8 Å². The van der Waals surface area contributed by atoms with Crippen LogP contribution in [0.15, 0.2) is 6.07 Å². The van der Waals surface area contributed by atoms with E-state index in [0.717, 1.165) is 5.69 Å². The van der Waals surface area contributed by atoms with E-state index in [2.05, 4.69) is 45.7 Å². The zero-order chi connectivity index (χ0) is 9.84. The van der Waals surface area contributed by atoms with E-state index in [9.17, 15) is 0 Å². The summed E-state index contributed by atoms with van der Waals surface area (Å²) >= 11 is 9.25. The number of nitrogens with two attached hydrogens (primary N) is 1. The molecule has 14 heavy (non-hydrogen) atoms. The van der Waals surface area contributed by atoms with Crippen LogP contribution in [0.5, 0.6) is 0 Å². The van der Waals surface area contributed by atoms with E-state index in [4.69, 9.17) is 5.73 Å². The van der Waals surface area contributed by atoms with Crippen molar-refractivity contribution in [1.82, 2.24) is 15.4 Å². The smallest absolute Gasteiger partial charge is 0.410 e. The van der Waals surface area contributed by atoms with Crippen LogP contribution >= 0.6 is 12.2 Å². The molecule has 0 aliphatic carbocycles. The summed E-state index contributed by atoms with van der Waals surface area (Å²) in [5, 5.41) is 0. The zero-order valence-electron chi connectivity index (χ0n) is 7.87. The first-order valence-corrected chi connectivity index (χ1v) is 4.24. The van der Waals surface area contributed by atoms with E-state index < -0.39 is 0 Å². The van der Waals surface area contributed by atoms with E-state index in [0.29, 0.717) is 5.82 Å². The van der Waals surface area contributed by atoms with Gasteiger partial charge in [-0.25, -0.2) is 4.98 Å². The fourth-order valence-electron chi connectivity index (χ4n) is 0.771. The molecule has 0 unspecified atom stereocenters. The maximum Gasteiger partial charge on any atom is 1.00 e. The van der Waals surface area contributed by atoms with Gasteiger partial charge in [-0.15, -0.1) is 0 Å². The molecule has 0 radical (unpaired) electrons. The summed E-state index contributed by atoms with van der Waals surface area (Å²) in [6, 6.07) is 1.72. The first-order chi connectivity index (χ1) is 6.08. The summed E-state index contributed by atoms with van der Waals surface area (Å²) in [5.41, 5.74) is 11.5. The second-order valence-corrected chi connectivity index (χ2v) is 3.37. The van der Waals surface area contributed by atoms with Gasteiger partial charge in [0.1, 0.15) is 5.82 Å². The van der Waals surface area contributed by atoms with Crippen LogP contribution in [-0.4, -0.2) is 14.3 Å². The maximum absolute atomic E-state index is 5.42. The van der Waals surface area contributed by atoms with Gasteiger partial charge in [-0.3, -0.25) is 5.43 Å². The molecule has 1 aromatic heterocycles. The average molecular weight is 253 g/mol. The van der Waals surface area contributed by atoms with E-state index in [-0.39, 0.29) is 61.7 Å². The van der Waals surface area contributed by atoms with Crippen molar-refractivity contribution >= 4 is 40.9 Å². The summed E-state index contributed by atoms with van der Waals surface area (Å²) < 4.78 is 0.217. The predicted molar refractivity (Wildman–Crippen MR) is 57.9 cm³/mol. The first kappa shape index (κ1) is 14.4. The van der Waals surface area contributed by atoms with Gasteiger partial charge in [0.2, 0.25) is 5.95 Å². The second-order valence-electron chi connectivity index (χ2n) is 2.29. The van der Waals surface area contributed by atoms with Crippen molar-refractivity contribution in [3.8, 4) is 0 Å². The van der Waals surface area contributed by atoms with Crippen LogP contribution in [0.4, 0.5) is 11.8 Å². The molecule has 5 nitrogen and oxygen atoms in total. The molecule has 0 atom stereocenters. The molecule has 0 fully saturated rings. The zero-order valence-corrected chi connectivity index (χ0v) is 12.6. The number of rotatable bonds is 2. The van der Waals surface area contributed by atoms with E-state index >= 15 is 0 Å². The van der Waals surface area contributed by atoms with Crippen molar-refractivity contribution < 1.29 is 51.4 Å². The third-order valence-corrected chi connectivity index (χ3v) is 1.37. The molecular formula is C6H8KN5S2. The minimum Gasteiger partial charge on any atom is -0.410 e. The summed E-state index contributed by atoms with van der Waals surface area (Å²) in [6.07, 6.45) is 0. The maximum atomic E-state index is 5.42. The molecule has 0 bridgehead atoms. The van der Waals surface area contributed by atoms with Crippen molar-refractivity contribution in [3.63, 3.8) is 0 Å². The summed E-state index contributed by atoms with van der Waals surface area (Å²) in [5.74, 6) is 0.747. The quantitative estimate of drug-likeness (QED) is 0.226. The minimum absolute atomic E-state index is 0. The van der Waals surface area contributed by atoms with Gasteiger partial charge in [0.15, 0.2) is 0 Å². The first-order valence-electron chi connectivity index (χ1n) is 3.42. The second kappa shape index (κ2) is 6.83. The number of hydrogen-bond donors (Lipinski definition) is 3. The molecule has 0 saturated carbocycles. The molecule has 0 spiro atoms. The van der Waals surface area contributed by atoms with Crippen molar-refractivity contribution in [2.75, 3.05) is 11.2 Å². The number of aryl methyl sites for hydroxylation is 1. The van der Waals surface area contributed by atoms with Crippen molar-refractivity contribution in [3.05, 3.63) is 11.8 Å². The van der Waals surface area contributed by atoms with Gasteiger partial charge in [0.05, 0.1) is 0 Å². The van der Waals surface area contributed by atoms with Gasteiger partial charge in [-0.2, -0.15) is 4.98 Å². The number of nitrogens with zero attached hydrogens (tertiary/aromatic N) is 2. The summed E-state index contributed by atoms with van der Waals surface area (Å²) in [7, 11) is 0. The number of anilines is 2. The predicted octanol–water partition coefficient (Wildman–Crippen LogP) is -2.88. The molecule has 1 heterocycles. The van der Waals surface area contributed by atoms with Crippen LogP contribution in [0.2, 0.25) is 0 Å². The van der Waals surface area contributed by atoms with Crippen molar-refractivity contribution in [1.29, 1.82) is 0 Å². The SMILES string of the molecule is Cc1cc(NNC(=S)[S-])nc(N)n1.[K+]. The normalized spacial score (nSPS) is 8.64. The van der Waals surface area contributed by atoms with Crippen LogP contribution in [-0.2, 0) is 12.6 Å².